The van der Waals surface area contributed by atoms with E-state index in [1.165, 1.54) is 0 Å². The second-order valence-corrected chi connectivity index (χ2v) is 6.14. The van der Waals surface area contributed by atoms with E-state index in [9.17, 15) is 22.9 Å². The van der Waals surface area contributed by atoms with E-state index in [1.54, 1.807) is 30.3 Å². The van der Waals surface area contributed by atoms with Gasteiger partial charge in [-0.15, -0.1) is 0 Å². The molecule has 0 amide bonds. The van der Waals surface area contributed by atoms with Crippen molar-refractivity contribution < 1.29 is 21.9 Å². The first-order chi connectivity index (χ1) is 10.4. The molecule has 8 heteroatoms. The fourth-order valence-electron chi connectivity index (χ4n) is 1.77. The Kier molecular flexibility index (Phi) is 4.71. The summed E-state index contributed by atoms with van der Waals surface area (Å²) >= 11 is 0. The molecule has 0 N–H and O–H groups in total. The quantitative estimate of drug-likeness (QED) is 0.463. The van der Waals surface area contributed by atoms with Gasteiger partial charge in [-0.3, -0.25) is 10.1 Å². The minimum atomic E-state index is -4.08. The van der Waals surface area contributed by atoms with Gasteiger partial charge in [0.25, 0.3) is 0 Å². The summed E-state index contributed by atoms with van der Waals surface area (Å²) in [4.78, 5) is 9.97. The third-order valence-corrected chi connectivity index (χ3v) is 3.96. The molecule has 0 radical (unpaired) electrons. The molecular weight excluding hydrogens is 313 g/mol. The molecule has 0 fully saturated rings. The Morgan fingerprint density at radius 3 is 2.45 bits per heavy atom. The topological polar surface area (TPSA) is 86.5 Å². The van der Waals surface area contributed by atoms with Gasteiger partial charge in [0.15, 0.2) is 0 Å². The Morgan fingerprint density at radius 1 is 1.14 bits per heavy atom. The van der Waals surface area contributed by atoms with E-state index in [2.05, 4.69) is 4.18 Å². The molecule has 22 heavy (non-hydrogen) atoms. The maximum absolute atomic E-state index is 13.1. The predicted octanol–water partition coefficient (Wildman–Crippen LogP) is 2.69. The molecule has 0 aliphatic rings. The van der Waals surface area contributed by atoms with E-state index in [0.717, 1.165) is 17.7 Å². The molecule has 2 rings (SSSR count). The lowest BCUT2D eigenvalue weighted by molar-refractivity contribution is -0.385. The van der Waals surface area contributed by atoms with E-state index < -0.39 is 32.3 Å². The van der Waals surface area contributed by atoms with Gasteiger partial charge in [0.05, 0.1) is 10.7 Å². The van der Waals surface area contributed by atoms with Crippen molar-refractivity contribution in [1.82, 2.24) is 0 Å². The van der Waals surface area contributed by atoms with Crippen molar-refractivity contribution in [2.24, 2.45) is 0 Å². The van der Waals surface area contributed by atoms with Crippen LogP contribution in [0.3, 0.4) is 0 Å². The van der Waals surface area contributed by atoms with E-state index >= 15 is 0 Å². The lowest BCUT2D eigenvalue weighted by atomic mass is 10.2. The molecule has 0 aliphatic heterocycles. The predicted molar refractivity (Wildman–Crippen MR) is 77.6 cm³/mol. The van der Waals surface area contributed by atoms with Gasteiger partial charge < -0.3 is 4.18 Å². The minimum absolute atomic E-state index is 0.187. The molecule has 6 nitrogen and oxygen atoms in total. The molecule has 0 aromatic heterocycles. The molecule has 2 aromatic rings. The van der Waals surface area contributed by atoms with Gasteiger partial charge in [0.2, 0.25) is 5.75 Å². The SMILES string of the molecule is O=[N+]([O-])c1ccc(F)cc1OS(=O)(=O)CCc1ccccc1. The van der Waals surface area contributed by atoms with Gasteiger partial charge in [-0.25, -0.2) is 4.39 Å². The van der Waals surface area contributed by atoms with Crippen molar-refractivity contribution in [2.45, 2.75) is 6.42 Å². The molecule has 116 valence electrons. The van der Waals surface area contributed by atoms with Crippen LogP contribution in [0.25, 0.3) is 0 Å². The number of aryl methyl sites for hydroxylation is 1. The van der Waals surface area contributed by atoms with Gasteiger partial charge in [-0.1, -0.05) is 30.3 Å². The number of hydrogen-bond acceptors (Lipinski definition) is 5. The second kappa shape index (κ2) is 6.52. The molecule has 0 atom stereocenters. The largest absolute Gasteiger partial charge is 0.375 e. The highest BCUT2D eigenvalue weighted by atomic mass is 32.2. The van der Waals surface area contributed by atoms with Crippen LogP contribution in [0, 0.1) is 15.9 Å². The Labute approximate surface area is 126 Å². The molecular formula is C14H12FNO5S. The van der Waals surface area contributed by atoms with E-state index in [4.69, 9.17) is 0 Å². The third kappa shape index (κ3) is 4.26. The van der Waals surface area contributed by atoms with Crippen LogP contribution in [0.2, 0.25) is 0 Å². The van der Waals surface area contributed by atoms with Crippen LogP contribution in [-0.4, -0.2) is 19.1 Å². The second-order valence-electron chi connectivity index (χ2n) is 4.45. The summed E-state index contributed by atoms with van der Waals surface area (Å²) in [5, 5.41) is 10.8. The summed E-state index contributed by atoms with van der Waals surface area (Å²) in [6, 6.07) is 11.2. The van der Waals surface area contributed by atoms with Gasteiger partial charge in [-0.2, -0.15) is 8.42 Å². The monoisotopic (exact) mass is 325 g/mol. The Balaban J connectivity index is 2.15. The Morgan fingerprint density at radius 2 is 1.82 bits per heavy atom. The van der Waals surface area contributed by atoms with Crippen molar-refractivity contribution in [3.8, 4) is 5.75 Å². The summed E-state index contributed by atoms with van der Waals surface area (Å²) in [5.41, 5.74) is 0.174. The van der Waals surface area contributed by atoms with Crippen LogP contribution < -0.4 is 4.18 Å². The van der Waals surface area contributed by atoms with Crippen molar-refractivity contribution in [3.63, 3.8) is 0 Å². The average Bonchev–Trinajstić information content (AvgIpc) is 2.46. The number of halogens is 1. The van der Waals surface area contributed by atoms with Crippen molar-refractivity contribution >= 4 is 15.8 Å². The van der Waals surface area contributed by atoms with Gasteiger partial charge in [0.1, 0.15) is 5.82 Å². The van der Waals surface area contributed by atoms with Gasteiger partial charge >= 0.3 is 15.8 Å². The van der Waals surface area contributed by atoms with Crippen molar-refractivity contribution in [3.05, 3.63) is 70.0 Å². The summed E-state index contributed by atoms with van der Waals surface area (Å²) < 4.78 is 41.6. The summed E-state index contributed by atoms with van der Waals surface area (Å²) in [6.07, 6.45) is 0.187. The summed E-state index contributed by atoms with van der Waals surface area (Å²) in [5.74, 6) is -1.82. The van der Waals surface area contributed by atoms with E-state index in [1.807, 2.05) is 0 Å². The van der Waals surface area contributed by atoms with E-state index in [-0.39, 0.29) is 12.2 Å². The number of rotatable bonds is 6. The smallest absolute Gasteiger partial charge is 0.312 e. The number of nitro benzene ring substituents is 1. The fourth-order valence-corrected chi connectivity index (χ4v) is 2.75. The summed E-state index contributed by atoms with van der Waals surface area (Å²) in [6.45, 7) is 0. The number of nitrogens with zero attached hydrogens (tertiary/aromatic N) is 1. The van der Waals surface area contributed by atoms with E-state index in [0.29, 0.717) is 6.07 Å². The van der Waals surface area contributed by atoms with Crippen LogP contribution in [0.4, 0.5) is 10.1 Å². The molecule has 0 aliphatic carbocycles. The number of hydrogen-bond donors (Lipinski definition) is 0. The minimum Gasteiger partial charge on any atom is -0.375 e. The number of benzene rings is 2. The zero-order chi connectivity index (χ0) is 16.2. The third-order valence-electron chi connectivity index (χ3n) is 2.82. The summed E-state index contributed by atoms with van der Waals surface area (Å²) in [7, 11) is -4.08. The Bertz CT molecular complexity index is 777. The number of nitro groups is 1. The lowest BCUT2D eigenvalue weighted by Crippen LogP contribution is -2.16. The highest BCUT2D eigenvalue weighted by Gasteiger charge is 2.22. The van der Waals surface area contributed by atoms with Gasteiger partial charge in [-0.05, 0) is 18.1 Å². The molecule has 0 saturated heterocycles. The Hall–Kier alpha value is -2.48. The fraction of sp³-hybridized carbons (Fsp3) is 0.143. The first-order valence-electron chi connectivity index (χ1n) is 6.27. The molecule has 0 bridgehead atoms. The van der Waals surface area contributed by atoms with Crippen LogP contribution in [0.1, 0.15) is 5.56 Å². The molecule has 0 heterocycles. The van der Waals surface area contributed by atoms with Crippen LogP contribution in [0.5, 0.6) is 5.75 Å². The van der Waals surface area contributed by atoms with Crippen molar-refractivity contribution in [2.75, 3.05) is 5.75 Å². The van der Waals surface area contributed by atoms with Crippen molar-refractivity contribution in [1.29, 1.82) is 0 Å². The lowest BCUT2D eigenvalue weighted by Gasteiger charge is -2.07. The highest BCUT2D eigenvalue weighted by Crippen LogP contribution is 2.28. The normalized spacial score (nSPS) is 11.1. The maximum atomic E-state index is 13.1. The molecule has 0 spiro atoms. The molecule has 0 unspecified atom stereocenters. The molecule has 0 saturated carbocycles. The molecule has 2 aromatic carbocycles. The first kappa shape index (κ1) is 15.9. The zero-order valence-electron chi connectivity index (χ0n) is 11.3. The van der Waals surface area contributed by atoms with Crippen LogP contribution >= 0.6 is 0 Å². The average molecular weight is 325 g/mol. The zero-order valence-corrected chi connectivity index (χ0v) is 12.1. The van der Waals surface area contributed by atoms with Crippen LogP contribution in [0.15, 0.2) is 48.5 Å². The van der Waals surface area contributed by atoms with Gasteiger partial charge in [0, 0.05) is 12.1 Å². The van der Waals surface area contributed by atoms with Crippen LogP contribution in [-0.2, 0) is 16.5 Å². The highest BCUT2D eigenvalue weighted by molar-refractivity contribution is 7.87. The maximum Gasteiger partial charge on any atom is 0.312 e. The standard InChI is InChI=1S/C14H12FNO5S/c15-12-6-7-13(16(17)18)14(10-12)21-22(19,20)9-8-11-4-2-1-3-5-11/h1-7,10H,8-9H2. The first-order valence-corrected chi connectivity index (χ1v) is 7.85.